The van der Waals surface area contributed by atoms with Crippen LogP contribution in [0, 0.1) is 11.2 Å². The SMILES string of the molecule is O=S(=O)(CC1(CBr)CCCCCC1)c1ccc(F)cc1. The molecule has 2 rings (SSSR count). The molecule has 20 heavy (non-hydrogen) atoms. The summed E-state index contributed by atoms with van der Waals surface area (Å²) in [4.78, 5) is 0.225. The molecule has 5 heteroatoms. The Hall–Kier alpha value is -0.420. The summed E-state index contributed by atoms with van der Waals surface area (Å²) in [6.07, 6.45) is 6.43. The average molecular weight is 363 g/mol. The van der Waals surface area contributed by atoms with Gasteiger partial charge in [-0.1, -0.05) is 41.6 Å². The predicted octanol–water partition coefficient (Wildman–Crippen LogP) is 4.33. The summed E-state index contributed by atoms with van der Waals surface area (Å²) in [5.41, 5.74) is -0.177. The van der Waals surface area contributed by atoms with E-state index in [9.17, 15) is 12.8 Å². The Bertz CT molecular complexity index is 531. The lowest BCUT2D eigenvalue weighted by Crippen LogP contribution is -2.31. The summed E-state index contributed by atoms with van der Waals surface area (Å²) in [7, 11) is -3.36. The highest BCUT2D eigenvalue weighted by Gasteiger charge is 2.35. The maximum absolute atomic E-state index is 12.9. The van der Waals surface area contributed by atoms with Crippen LogP contribution in [-0.4, -0.2) is 19.5 Å². The van der Waals surface area contributed by atoms with Gasteiger partial charge in [-0.3, -0.25) is 0 Å². The van der Waals surface area contributed by atoms with E-state index in [4.69, 9.17) is 0 Å². The van der Waals surface area contributed by atoms with Gasteiger partial charge in [0.15, 0.2) is 9.84 Å². The lowest BCUT2D eigenvalue weighted by Gasteiger charge is -2.30. The smallest absolute Gasteiger partial charge is 0.178 e. The Kier molecular flexibility index (Phi) is 5.24. The molecule has 1 aliphatic carbocycles. The highest BCUT2D eigenvalue weighted by molar-refractivity contribution is 9.09. The molecule has 1 aromatic rings. The second-order valence-corrected chi connectivity index (χ2v) is 8.31. The zero-order valence-corrected chi connectivity index (χ0v) is 13.8. The van der Waals surface area contributed by atoms with Crippen LogP contribution in [0.4, 0.5) is 4.39 Å². The molecule has 0 unspecified atom stereocenters. The van der Waals surface area contributed by atoms with Gasteiger partial charge in [-0.15, -0.1) is 0 Å². The van der Waals surface area contributed by atoms with Crippen molar-refractivity contribution in [1.29, 1.82) is 0 Å². The molecular formula is C15H20BrFO2S. The fourth-order valence-electron chi connectivity index (χ4n) is 2.92. The monoisotopic (exact) mass is 362 g/mol. The van der Waals surface area contributed by atoms with Crippen LogP contribution in [0.15, 0.2) is 29.2 Å². The molecule has 0 N–H and O–H groups in total. The van der Waals surface area contributed by atoms with E-state index in [0.29, 0.717) is 5.33 Å². The van der Waals surface area contributed by atoms with Crippen molar-refractivity contribution in [2.75, 3.05) is 11.1 Å². The lowest BCUT2D eigenvalue weighted by molar-refractivity contribution is 0.327. The molecule has 0 aromatic heterocycles. The van der Waals surface area contributed by atoms with Crippen LogP contribution in [0.3, 0.4) is 0 Å². The van der Waals surface area contributed by atoms with Crippen LogP contribution >= 0.6 is 15.9 Å². The summed E-state index contributed by atoms with van der Waals surface area (Å²) in [6.45, 7) is 0. The van der Waals surface area contributed by atoms with Crippen LogP contribution in [0.2, 0.25) is 0 Å². The minimum absolute atomic E-state index is 0.150. The van der Waals surface area contributed by atoms with Crippen molar-refractivity contribution in [3.63, 3.8) is 0 Å². The van der Waals surface area contributed by atoms with E-state index in [1.807, 2.05) is 0 Å². The molecule has 0 amide bonds. The molecule has 0 heterocycles. The molecule has 1 saturated carbocycles. The van der Waals surface area contributed by atoms with Crippen molar-refractivity contribution in [3.8, 4) is 0 Å². The van der Waals surface area contributed by atoms with E-state index < -0.39 is 15.7 Å². The topological polar surface area (TPSA) is 34.1 Å². The van der Waals surface area contributed by atoms with Gasteiger partial charge in [0.25, 0.3) is 0 Å². The molecular weight excluding hydrogens is 343 g/mol. The van der Waals surface area contributed by atoms with Gasteiger partial charge in [-0.05, 0) is 42.5 Å². The largest absolute Gasteiger partial charge is 0.224 e. The van der Waals surface area contributed by atoms with Gasteiger partial charge in [0, 0.05) is 5.33 Å². The fourth-order valence-corrected chi connectivity index (χ4v) is 5.86. The van der Waals surface area contributed by atoms with Crippen molar-refractivity contribution in [3.05, 3.63) is 30.1 Å². The number of alkyl halides is 1. The third-order valence-corrected chi connectivity index (χ3v) is 7.29. The van der Waals surface area contributed by atoms with Gasteiger partial charge < -0.3 is 0 Å². The Balaban J connectivity index is 2.23. The van der Waals surface area contributed by atoms with E-state index in [1.165, 1.54) is 37.1 Å². The number of hydrogen-bond acceptors (Lipinski definition) is 2. The third kappa shape index (κ3) is 3.82. The molecule has 1 fully saturated rings. The molecule has 0 bridgehead atoms. The summed E-state index contributed by atoms with van der Waals surface area (Å²) < 4.78 is 38.0. The van der Waals surface area contributed by atoms with Crippen LogP contribution in [0.1, 0.15) is 38.5 Å². The molecule has 0 radical (unpaired) electrons. The minimum atomic E-state index is -3.36. The lowest BCUT2D eigenvalue weighted by atomic mass is 9.85. The number of sulfone groups is 1. The van der Waals surface area contributed by atoms with E-state index in [-0.39, 0.29) is 16.1 Å². The Morgan fingerprint density at radius 3 is 2.10 bits per heavy atom. The van der Waals surface area contributed by atoms with Crippen LogP contribution in [-0.2, 0) is 9.84 Å². The fraction of sp³-hybridized carbons (Fsp3) is 0.600. The molecule has 0 aliphatic heterocycles. The van der Waals surface area contributed by atoms with Crippen LogP contribution < -0.4 is 0 Å². The van der Waals surface area contributed by atoms with Crippen LogP contribution in [0.25, 0.3) is 0 Å². The van der Waals surface area contributed by atoms with E-state index in [2.05, 4.69) is 15.9 Å². The quantitative estimate of drug-likeness (QED) is 0.453. The highest BCUT2D eigenvalue weighted by Crippen LogP contribution is 2.39. The van der Waals surface area contributed by atoms with Gasteiger partial charge in [-0.2, -0.15) is 0 Å². The first-order chi connectivity index (χ1) is 9.47. The Labute approximate surface area is 128 Å². The summed E-state index contributed by atoms with van der Waals surface area (Å²) in [6, 6.07) is 5.15. The van der Waals surface area contributed by atoms with E-state index in [0.717, 1.165) is 25.7 Å². The summed E-state index contributed by atoms with van der Waals surface area (Å²) >= 11 is 3.52. The zero-order valence-electron chi connectivity index (χ0n) is 11.4. The van der Waals surface area contributed by atoms with Gasteiger partial charge in [0.1, 0.15) is 5.82 Å². The number of rotatable bonds is 4. The minimum Gasteiger partial charge on any atom is -0.224 e. The van der Waals surface area contributed by atoms with Gasteiger partial charge >= 0.3 is 0 Å². The maximum atomic E-state index is 12.9. The molecule has 1 aromatic carbocycles. The Morgan fingerprint density at radius 2 is 1.60 bits per heavy atom. The first-order valence-electron chi connectivity index (χ1n) is 7.02. The molecule has 0 spiro atoms. The van der Waals surface area contributed by atoms with Gasteiger partial charge in [-0.25, -0.2) is 12.8 Å². The second kappa shape index (κ2) is 6.56. The van der Waals surface area contributed by atoms with Gasteiger partial charge in [0.05, 0.1) is 10.6 Å². The number of hydrogen-bond donors (Lipinski definition) is 0. The normalized spacial score (nSPS) is 19.5. The van der Waals surface area contributed by atoms with E-state index in [1.54, 1.807) is 0 Å². The molecule has 0 atom stereocenters. The summed E-state index contributed by atoms with van der Waals surface area (Å²) in [5.74, 6) is -0.259. The van der Waals surface area contributed by atoms with Crippen molar-refractivity contribution in [2.24, 2.45) is 5.41 Å². The highest BCUT2D eigenvalue weighted by atomic mass is 79.9. The van der Waals surface area contributed by atoms with Crippen LogP contribution in [0.5, 0.6) is 0 Å². The predicted molar refractivity (Wildman–Crippen MR) is 82.4 cm³/mol. The first kappa shape index (κ1) is 16.0. The first-order valence-corrected chi connectivity index (χ1v) is 9.79. The van der Waals surface area contributed by atoms with Crippen molar-refractivity contribution < 1.29 is 12.8 Å². The molecule has 112 valence electrons. The molecule has 2 nitrogen and oxygen atoms in total. The Morgan fingerprint density at radius 1 is 1.05 bits per heavy atom. The van der Waals surface area contributed by atoms with Crippen molar-refractivity contribution in [1.82, 2.24) is 0 Å². The summed E-state index contributed by atoms with van der Waals surface area (Å²) in [5, 5.41) is 0.709. The van der Waals surface area contributed by atoms with Crippen molar-refractivity contribution >= 4 is 25.8 Å². The number of benzene rings is 1. The average Bonchev–Trinajstić information content (AvgIpc) is 2.65. The van der Waals surface area contributed by atoms with E-state index >= 15 is 0 Å². The standard InChI is InChI=1S/C15H20BrFO2S/c16-11-15(9-3-1-2-4-10-15)12-20(18,19)14-7-5-13(17)6-8-14/h5-8H,1-4,9-12H2. The molecule has 1 aliphatic rings. The zero-order chi connectivity index (χ0) is 14.6. The third-order valence-electron chi connectivity index (χ3n) is 4.12. The van der Waals surface area contributed by atoms with Gasteiger partial charge in [0.2, 0.25) is 0 Å². The molecule has 0 saturated heterocycles. The second-order valence-electron chi connectivity index (χ2n) is 5.76. The maximum Gasteiger partial charge on any atom is 0.178 e. The number of halogens is 2. The van der Waals surface area contributed by atoms with Crippen molar-refractivity contribution in [2.45, 2.75) is 43.4 Å².